The summed E-state index contributed by atoms with van der Waals surface area (Å²) in [6.45, 7) is 4.94. The molecule has 3 rings (SSSR count). The van der Waals surface area contributed by atoms with Gasteiger partial charge in [-0.2, -0.15) is 0 Å². The van der Waals surface area contributed by atoms with E-state index in [1.807, 2.05) is 4.90 Å². The molecule has 1 saturated heterocycles. The lowest BCUT2D eigenvalue weighted by Crippen LogP contribution is -2.43. The zero-order valence-corrected chi connectivity index (χ0v) is 12.8. The highest BCUT2D eigenvalue weighted by Crippen LogP contribution is 2.30. The van der Waals surface area contributed by atoms with Crippen LogP contribution in [0.15, 0.2) is 18.2 Å². The van der Waals surface area contributed by atoms with Crippen LogP contribution in [-0.4, -0.2) is 25.5 Å². The highest BCUT2D eigenvalue weighted by atomic mass is 35.5. The third kappa shape index (κ3) is 2.99. The van der Waals surface area contributed by atoms with Crippen molar-refractivity contribution >= 4 is 24.0 Å². The molecular weight excluding hydrogens is 272 g/mol. The summed E-state index contributed by atoms with van der Waals surface area (Å²) in [4.78, 5) is 14.8. The number of hydrogen-bond donors (Lipinski definition) is 1. The van der Waals surface area contributed by atoms with Gasteiger partial charge in [0.1, 0.15) is 0 Å². The zero-order valence-electron chi connectivity index (χ0n) is 12.0. The van der Waals surface area contributed by atoms with E-state index in [4.69, 9.17) is 0 Å². The quantitative estimate of drug-likeness (QED) is 0.864. The first-order valence-electron chi connectivity index (χ1n) is 7.37. The van der Waals surface area contributed by atoms with Crippen molar-refractivity contribution in [2.24, 2.45) is 5.92 Å². The van der Waals surface area contributed by atoms with Crippen molar-refractivity contribution in [1.29, 1.82) is 0 Å². The van der Waals surface area contributed by atoms with E-state index >= 15 is 0 Å². The fourth-order valence-electron chi connectivity index (χ4n) is 3.20. The van der Waals surface area contributed by atoms with Crippen LogP contribution >= 0.6 is 12.4 Å². The Kier molecular flexibility index (Phi) is 5.06. The summed E-state index contributed by atoms with van der Waals surface area (Å²) < 4.78 is 0. The number of carbonyl (C=O) groups is 1. The Morgan fingerprint density at radius 2 is 2.05 bits per heavy atom. The number of halogens is 1. The summed E-state index contributed by atoms with van der Waals surface area (Å²) in [5.74, 6) is 0.556. The average molecular weight is 295 g/mol. The molecule has 0 radical (unpaired) electrons. The van der Waals surface area contributed by atoms with Gasteiger partial charge in [-0.15, -0.1) is 12.4 Å². The van der Waals surface area contributed by atoms with Gasteiger partial charge in [0.2, 0.25) is 5.91 Å². The molecule has 0 spiro atoms. The summed E-state index contributed by atoms with van der Waals surface area (Å²) in [5.41, 5.74) is 3.73. The monoisotopic (exact) mass is 294 g/mol. The zero-order chi connectivity index (χ0) is 13.2. The van der Waals surface area contributed by atoms with E-state index in [2.05, 4.69) is 30.4 Å². The molecular formula is C16H23ClN2O. The fraction of sp³-hybridized carbons (Fsp3) is 0.562. The lowest BCUT2D eigenvalue weighted by Gasteiger charge is -2.34. The number of amides is 1. The van der Waals surface area contributed by atoms with E-state index < -0.39 is 0 Å². The number of hydrogen-bond acceptors (Lipinski definition) is 2. The van der Waals surface area contributed by atoms with Crippen molar-refractivity contribution in [3.8, 4) is 0 Å². The molecule has 0 saturated carbocycles. The van der Waals surface area contributed by atoms with Gasteiger partial charge in [-0.3, -0.25) is 4.79 Å². The van der Waals surface area contributed by atoms with E-state index in [1.54, 1.807) is 0 Å². The van der Waals surface area contributed by atoms with E-state index in [9.17, 15) is 4.79 Å². The Balaban J connectivity index is 0.00000147. The van der Waals surface area contributed by atoms with Gasteiger partial charge >= 0.3 is 0 Å². The molecule has 1 aromatic carbocycles. The molecule has 1 amide bonds. The van der Waals surface area contributed by atoms with Crippen molar-refractivity contribution < 1.29 is 4.79 Å². The molecule has 3 nitrogen and oxygen atoms in total. The van der Waals surface area contributed by atoms with Crippen LogP contribution in [-0.2, 0) is 11.2 Å². The largest absolute Gasteiger partial charge is 0.317 e. The molecule has 0 aliphatic carbocycles. The Bertz CT molecular complexity index is 483. The molecule has 20 heavy (non-hydrogen) atoms. The molecule has 0 atom stereocenters. The van der Waals surface area contributed by atoms with Gasteiger partial charge in [-0.05, 0) is 62.9 Å². The Morgan fingerprint density at radius 3 is 2.80 bits per heavy atom. The number of nitrogens with zero attached hydrogens (tertiary/aromatic N) is 1. The normalized spacial score (nSPS) is 19.1. The fourth-order valence-corrected chi connectivity index (χ4v) is 3.20. The number of anilines is 1. The minimum absolute atomic E-state index is 0. The van der Waals surface area contributed by atoms with Crippen LogP contribution in [0.1, 0.15) is 30.4 Å². The van der Waals surface area contributed by atoms with Gasteiger partial charge in [-0.1, -0.05) is 12.1 Å². The van der Waals surface area contributed by atoms with E-state index in [-0.39, 0.29) is 18.3 Å². The molecule has 0 bridgehead atoms. The Hall–Kier alpha value is -1.06. The first kappa shape index (κ1) is 15.3. The summed E-state index contributed by atoms with van der Waals surface area (Å²) in [5, 5.41) is 3.33. The molecule has 4 heteroatoms. The van der Waals surface area contributed by atoms with Gasteiger partial charge < -0.3 is 10.2 Å². The van der Waals surface area contributed by atoms with Crippen molar-refractivity contribution in [2.75, 3.05) is 24.5 Å². The highest BCUT2D eigenvalue weighted by Gasteiger charge is 2.29. The van der Waals surface area contributed by atoms with Crippen LogP contribution in [0.4, 0.5) is 5.69 Å². The first-order valence-corrected chi connectivity index (χ1v) is 7.37. The number of nitrogens with one attached hydrogen (secondary N) is 1. The third-order valence-electron chi connectivity index (χ3n) is 4.31. The number of benzene rings is 1. The Morgan fingerprint density at radius 1 is 1.30 bits per heavy atom. The lowest BCUT2D eigenvalue weighted by molar-refractivity contribution is -0.123. The van der Waals surface area contributed by atoms with Gasteiger partial charge in [0.15, 0.2) is 0 Å². The van der Waals surface area contributed by atoms with Crippen molar-refractivity contribution in [3.63, 3.8) is 0 Å². The topological polar surface area (TPSA) is 32.3 Å². The molecule has 1 N–H and O–H groups in total. The Labute approximate surface area is 127 Å². The second-order valence-corrected chi connectivity index (χ2v) is 5.75. The molecule has 2 aliphatic heterocycles. The number of fused-ring (bicyclic) bond motifs is 1. The van der Waals surface area contributed by atoms with Gasteiger partial charge in [0, 0.05) is 18.2 Å². The molecule has 1 aromatic rings. The van der Waals surface area contributed by atoms with E-state index in [1.165, 1.54) is 11.1 Å². The van der Waals surface area contributed by atoms with Gasteiger partial charge in [0.05, 0.1) is 0 Å². The van der Waals surface area contributed by atoms with Crippen molar-refractivity contribution in [3.05, 3.63) is 29.3 Å². The van der Waals surface area contributed by atoms with Crippen LogP contribution in [0.2, 0.25) is 0 Å². The summed E-state index contributed by atoms with van der Waals surface area (Å²) in [7, 11) is 0. The summed E-state index contributed by atoms with van der Waals surface area (Å²) in [6, 6.07) is 6.51. The number of rotatable bonds is 1. The van der Waals surface area contributed by atoms with Gasteiger partial charge in [-0.25, -0.2) is 0 Å². The first-order chi connectivity index (χ1) is 9.25. The maximum absolute atomic E-state index is 12.7. The van der Waals surface area contributed by atoms with Gasteiger partial charge in [0.25, 0.3) is 0 Å². The second kappa shape index (κ2) is 6.59. The molecule has 0 aromatic heterocycles. The minimum Gasteiger partial charge on any atom is -0.317 e. The molecule has 1 fully saturated rings. The minimum atomic E-state index is 0. The molecule has 2 heterocycles. The molecule has 110 valence electrons. The standard InChI is InChI=1S/C16H22N2O.ClH/c1-12-4-5-13-3-2-10-18(15(13)11-12)16(19)14-6-8-17-9-7-14;/h4-5,11,14,17H,2-3,6-10H2,1H3;1H. The second-order valence-electron chi connectivity index (χ2n) is 5.75. The predicted octanol–water partition coefficient (Wildman–Crippen LogP) is 2.70. The smallest absolute Gasteiger partial charge is 0.230 e. The van der Waals surface area contributed by atoms with E-state index in [0.717, 1.165) is 51.0 Å². The number of aryl methyl sites for hydroxylation is 2. The molecule has 2 aliphatic rings. The SMILES string of the molecule is Cc1ccc2c(c1)N(C(=O)C1CCNCC1)CCC2.Cl. The maximum Gasteiger partial charge on any atom is 0.230 e. The third-order valence-corrected chi connectivity index (χ3v) is 4.31. The van der Waals surface area contributed by atoms with Crippen LogP contribution < -0.4 is 10.2 Å². The van der Waals surface area contributed by atoms with Crippen LogP contribution in [0.5, 0.6) is 0 Å². The van der Waals surface area contributed by atoms with Crippen LogP contribution in [0.3, 0.4) is 0 Å². The summed E-state index contributed by atoms with van der Waals surface area (Å²) >= 11 is 0. The highest BCUT2D eigenvalue weighted by molar-refractivity contribution is 5.96. The van der Waals surface area contributed by atoms with E-state index in [0.29, 0.717) is 5.91 Å². The lowest BCUT2D eigenvalue weighted by atomic mass is 9.93. The average Bonchev–Trinajstić information content (AvgIpc) is 2.47. The number of carbonyl (C=O) groups excluding carboxylic acids is 1. The summed E-state index contributed by atoms with van der Waals surface area (Å²) in [6.07, 6.45) is 4.16. The maximum atomic E-state index is 12.7. The van der Waals surface area contributed by atoms with Crippen LogP contribution in [0.25, 0.3) is 0 Å². The number of piperidine rings is 1. The predicted molar refractivity (Wildman–Crippen MR) is 84.7 cm³/mol. The molecule has 0 unspecified atom stereocenters. The van der Waals surface area contributed by atoms with Crippen molar-refractivity contribution in [2.45, 2.75) is 32.6 Å². The van der Waals surface area contributed by atoms with Crippen LogP contribution in [0, 0.1) is 12.8 Å². The van der Waals surface area contributed by atoms with Crippen molar-refractivity contribution in [1.82, 2.24) is 5.32 Å².